The van der Waals surface area contributed by atoms with E-state index >= 15 is 0 Å². The predicted molar refractivity (Wildman–Crippen MR) is 114 cm³/mol. The van der Waals surface area contributed by atoms with Crippen LogP contribution in [0.25, 0.3) is 10.1 Å². The molecule has 0 unspecified atom stereocenters. The highest BCUT2D eigenvalue weighted by atomic mass is 32.1. The van der Waals surface area contributed by atoms with E-state index in [1.807, 2.05) is 42.5 Å². The number of hydrogen-bond acceptors (Lipinski definition) is 5. The number of hydrogen-bond donors (Lipinski definition) is 3. The van der Waals surface area contributed by atoms with Gasteiger partial charge in [0.15, 0.2) is 0 Å². The van der Waals surface area contributed by atoms with Gasteiger partial charge in [-0.3, -0.25) is 9.59 Å². The largest absolute Gasteiger partial charge is 0.481 e. The zero-order chi connectivity index (χ0) is 20.8. The first-order chi connectivity index (χ1) is 14.0. The van der Waals surface area contributed by atoms with Gasteiger partial charge in [0, 0.05) is 34.3 Å². The molecule has 6 heteroatoms. The van der Waals surface area contributed by atoms with Gasteiger partial charge in [-0.1, -0.05) is 42.5 Å². The van der Waals surface area contributed by atoms with Crippen LogP contribution in [0.15, 0.2) is 54.6 Å². The molecule has 0 amide bonds. The minimum Gasteiger partial charge on any atom is -0.481 e. The Hall–Kier alpha value is -2.28. The molecule has 1 aromatic carbocycles. The lowest BCUT2D eigenvalue weighted by molar-refractivity contribution is -0.137. The summed E-state index contributed by atoms with van der Waals surface area (Å²) < 4.78 is 1.10. The fraction of sp³-hybridized carbons (Fsp3) is 0.391. The lowest BCUT2D eigenvalue weighted by Gasteiger charge is -2.17. The topological polar surface area (TPSA) is 94.8 Å². The molecule has 154 valence electrons. The van der Waals surface area contributed by atoms with Crippen molar-refractivity contribution in [2.45, 2.75) is 44.3 Å². The fourth-order valence-electron chi connectivity index (χ4n) is 3.74. The summed E-state index contributed by atoms with van der Waals surface area (Å²) in [6.45, 7) is 0. The minimum atomic E-state index is -0.808. The maximum absolute atomic E-state index is 12.3. The molecule has 1 aliphatic carbocycles. The standard InChI is InChI=1S/C23H26O5S/c24-18(22-13-15-7-5-6-9-21(15)29-22)12-11-17-16(19(25)14-20(17)26)8-3-1-2-4-10-23(27)28/h1,3,5-7,9,11-13,16-19,24-25H,2,4,8,10,14H2,(H,27,28)/t16-,17-,18-,19+/m1/s1. The van der Waals surface area contributed by atoms with Gasteiger partial charge in [0.1, 0.15) is 11.9 Å². The molecule has 0 bridgehead atoms. The van der Waals surface area contributed by atoms with Gasteiger partial charge in [-0.15, -0.1) is 11.3 Å². The number of rotatable bonds is 9. The second-order valence-electron chi connectivity index (χ2n) is 7.44. The summed E-state index contributed by atoms with van der Waals surface area (Å²) in [6.07, 6.45) is 7.77. The molecule has 0 spiro atoms. The summed E-state index contributed by atoms with van der Waals surface area (Å²) >= 11 is 1.52. The highest BCUT2D eigenvalue weighted by Gasteiger charge is 2.39. The summed E-state index contributed by atoms with van der Waals surface area (Å²) in [5.41, 5.74) is 0. The fourth-order valence-corrected chi connectivity index (χ4v) is 4.77. The van der Waals surface area contributed by atoms with Gasteiger partial charge >= 0.3 is 5.97 Å². The summed E-state index contributed by atoms with van der Waals surface area (Å²) in [7, 11) is 0. The molecule has 0 saturated heterocycles. The van der Waals surface area contributed by atoms with Crippen molar-refractivity contribution in [3.05, 3.63) is 59.5 Å². The van der Waals surface area contributed by atoms with Gasteiger partial charge in [0.25, 0.3) is 0 Å². The molecule has 1 heterocycles. The van der Waals surface area contributed by atoms with E-state index in [0.717, 1.165) is 15.0 Å². The first-order valence-electron chi connectivity index (χ1n) is 9.88. The van der Waals surface area contributed by atoms with E-state index in [4.69, 9.17) is 5.11 Å². The van der Waals surface area contributed by atoms with Crippen molar-refractivity contribution in [1.29, 1.82) is 0 Å². The Kier molecular flexibility index (Phi) is 7.36. The second-order valence-corrected chi connectivity index (χ2v) is 8.55. The first kappa shape index (κ1) is 21.4. The number of fused-ring (bicyclic) bond motifs is 1. The van der Waals surface area contributed by atoms with Crippen LogP contribution in [0.2, 0.25) is 0 Å². The third-order valence-corrected chi connectivity index (χ3v) is 6.50. The maximum atomic E-state index is 12.3. The molecule has 3 rings (SSSR count). The van der Waals surface area contributed by atoms with E-state index in [-0.39, 0.29) is 24.5 Å². The smallest absolute Gasteiger partial charge is 0.303 e. The lowest BCUT2D eigenvalue weighted by atomic mass is 9.90. The number of allylic oxidation sites excluding steroid dienone is 3. The monoisotopic (exact) mass is 414 g/mol. The van der Waals surface area contributed by atoms with Crippen LogP contribution in [-0.2, 0) is 9.59 Å². The molecule has 3 N–H and O–H groups in total. The van der Waals surface area contributed by atoms with Crippen molar-refractivity contribution in [3.8, 4) is 0 Å². The van der Waals surface area contributed by atoms with E-state index in [1.54, 1.807) is 12.2 Å². The average molecular weight is 415 g/mol. The summed E-state index contributed by atoms with van der Waals surface area (Å²) in [5, 5.41) is 30.5. The van der Waals surface area contributed by atoms with E-state index in [2.05, 4.69) is 0 Å². The number of unbranched alkanes of at least 4 members (excludes halogenated alkanes) is 1. The molecule has 1 aromatic heterocycles. The van der Waals surface area contributed by atoms with Crippen molar-refractivity contribution in [1.82, 2.24) is 0 Å². The average Bonchev–Trinajstić information content (AvgIpc) is 3.23. The van der Waals surface area contributed by atoms with Crippen LogP contribution in [0.3, 0.4) is 0 Å². The van der Waals surface area contributed by atoms with Gasteiger partial charge in [-0.2, -0.15) is 0 Å². The minimum absolute atomic E-state index is 0.0124. The van der Waals surface area contributed by atoms with E-state index in [1.165, 1.54) is 11.3 Å². The number of aliphatic carboxylic acids is 1. The Balaban J connectivity index is 1.61. The number of thiophene rings is 1. The Morgan fingerprint density at radius 1 is 1.28 bits per heavy atom. The van der Waals surface area contributed by atoms with Crippen LogP contribution < -0.4 is 0 Å². The zero-order valence-electron chi connectivity index (χ0n) is 16.1. The number of carboxylic acid groups (broad SMARTS) is 1. The normalized spacial score (nSPS) is 23.5. The Labute approximate surface area is 174 Å². The highest BCUT2D eigenvalue weighted by molar-refractivity contribution is 7.19. The molecule has 29 heavy (non-hydrogen) atoms. The Morgan fingerprint density at radius 3 is 2.83 bits per heavy atom. The predicted octanol–water partition coefficient (Wildman–Crippen LogP) is 4.26. The van der Waals surface area contributed by atoms with Crippen LogP contribution in [0, 0.1) is 11.8 Å². The Morgan fingerprint density at radius 2 is 2.07 bits per heavy atom. The Bertz CT molecular complexity index is 880. The number of carbonyl (C=O) groups excluding carboxylic acids is 1. The van der Waals surface area contributed by atoms with Crippen LogP contribution in [0.4, 0.5) is 0 Å². The third kappa shape index (κ3) is 5.63. The van der Waals surface area contributed by atoms with E-state index in [9.17, 15) is 19.8 Å². The SMILES string of the molecule is O=C(O)CCCC=CC[C@H]1[C@@H](O)CC(=O)[C@@H]1C=C[C@@H](O)c1cc2ccccc2s1. The quantitative estimate of drug-likeness (QED) is 0.421. The lowest BCUT2D eigenvalue weighted by Crippen LogP contribution is -2.18. The maximum Gasteiger partial charge on any atom is 0.303 e. The van der Waals surface area contributed by atoms with Crippen molar-refractivity contribution in [2.75, 3.05) is 0 Å². The number of aliphatic hydroxyl groups excluding tert-OH is 2. The van der Waals surface area contributed by atoms with Crippen molar-refractivity contribution < 1.29 is 24.9 Å². The van der Waals surface area contributed by atoms with Crippen LogP contribution in [-0.4, -0.2) is 33.2 Å². The molecule has 0 aliphatic heterocycles. The van der Waals surface area contributed by atoms with Gasteiger partial charge in [0.2, 0.25) is 0 Å². The highest BCUT2D eigenvalue weighted by Crippen LogP contribution is 2.35. The summed E-state index contributed by atoms with van der Waals surface area (Å²) in [5.74, 6) is -1.46. The summed E-state index contributed by atoms with van der Waals surface area (Å²) in [4.78, 5) is 23.7. The number of benzene rings is 1. The van der Waals surface area contributed by atoms with Crippen molar-refractivity contribution >= 4 is 33.2 Å². The third-order valence-electron chi connectivity index (χ3n) is 5.31. The van der Waals surface area contributed by atoms with Crippen LogP contribution in [0.5, 0.6) is 0 Å². The zero-order valence-corrected chi connectivity index (χ0v) is 16.9. The summed E-state index contributed by atoms with van der Waals surface area (Å²) in [6, 6.07) is 9.89. The number of carboxylic acids is 1. The van der Waals surface area contributed by atoms with Gasteiger partial charge < -0.3 is 15.3 Å². The molecule has 0 radical (unpaired) electrons. The van der Waals surface area contributed by atoms with Crippen LogP contribution in [0.1, 0.15) is 43.1 Å². The van der Waals surface area contributed by atoms with Crippen molar-refractivity contribution in [3.63, 3.8) is 0 Å². The van der Waals surface area contributed by atoms with Gasteiger partial charge in [-0.25, -0.2) is 0 Å². The van der Waals surface area contributed by atoms with E-state index in [0.29, 0.717) is 19.3 Å². The molecule has 1 fully saturated rings. The molecule has 2 aromatic rings. The number of Topliss-reactive ketones (excluding diaryl/α,β-unsaturated/α-hetero) is 1. The number of carbonyl (C=O) groups is 2. The van der Waals surface area contributed by atoms with E-state index < -0.39 is 24.1 Å². The van der Waals surface area contributed by atoms with Gasteiger partial charge in [-0.05, 0) is 36.8 Å². The molecule has 5 nitrogen and oxygen atoms in total. The molecule has 1 aliphatic rings. The molecular weight excluding hydrogens is 388 g/mol. The second kappa shape index (κ2) is 9.96. The first-order valence-corrected chi connectivity index (χ1v) is 10.7. The molecular formula is C23H26O5S. The number of ketones is 1. The molecule has 4 atom stereocenters. The number of aliphatic hydroxyl groups is 2. The van der Waals surface area contributed by atoms with Crippen LogP contribution >= 0.6 is 11.3 Å². The molecule has 1 saturated carbocycles. The van der Waals surface area contributed by atoms with Gasteiger partial charge in [0.05, 0.1) is 6.10 Å². The van der Waals surface area contributed by atoms with Crippen molar-refractivity contribution in [2.24, 2.45) is 11.8 Å².